The predicted octanol–water partition coefficient (Wildman–Crippen LogP) is 2.85. The molecule has 0 amide bonds. The molecule has 2 heteroatoms. The Morgan fingerprint density at radius 2 is 1.93 bits per heavy atom. The summed E-state index contributed by atoms with van der Waals surface area (Å²) >= 11 is 0. The Bertz CT molecular complexity index is 197. The minimum absolute atomic E-state index is 0.415. The molecule has 1 aliphatic carbocycles. The van der Waals surface area contributed by atoms with Gasteiger partial charge < -0.3 is 10.1 Å². The molecule has 0 aromatic heterocycles. The average molecular weight is 209 g/mol. The van der Waals surface area contributed by atoms with Crippen molar-refractivity contribution in [2.75, 3.05) is 13.1 Å². The molecule has 1 saturated carbocycles. The van der Waals surface area contributed by atoms with Crippen molar-refractivity contribution < 1.29 is 4.74 Å². The Labute approximate surface area is 93.1 Å². The fourth-order valence-corrected chi connectivity index (χ4v) is 2.57. The van der Waals surface area contributed by atoms with Gasteiger partial charge in [0.2, 0.25) is 0 Å². The molecule has 1 unspecified atom stereocenters. The summed E-state index contributed by atoms with van der Waals surface area (Å²) in [6.45, 7) is 2.23. The zero-order chi connectivity index (χ0) is 10.3. The van der Waals surface area contributed by atoms with Gasteiger partial charge in [0.05, 0.1) is 6.26 Å². The second-order valence-corrected chi connectivity index (χ2v) is 4.87. The molecular weight excluding hydrogens is 186 g/mol. The number of nitrogens with one attached hydrogen (secondary N) is 1. The first-order valence-electron chi connectivity index (χ1n) is 6.46. The second-order valence-electron chi connectivity index (χ2n) is 4.87. The predicted molar refractivity (Wildman–Crippen MR) is 62.7 cm³/mol. The Morgan fingerprint density at radius 3 is 2.67 bits per heavy atom. The molecule has 1 atom stereocenters. The van der Waals surface area contributed by atoms with Crippen LogP contribution in [0.5, 0.6) is 0 Å². The van der Waals surface area contributed by atoms with Gasteiger partial charge in [-0.1, -0.05) is 19.3 Å². The number of hydrogen-bond acceptors (Lipinski definition) is 2. The van der Waals surface area contributed by atoms with Gasteiger partial charge >= 0.3 is 0 Å². The van der Waals surface area contributed by atoms with E-state index in [4.69, 9.17) is 4.74 Å². The lowest BCUT2D eigenvalue weighted by molar-refractivity contribution is 0.120. The van der Waals surface area contributed by atoms with Crippen LogP contribution in [0.1, 0.15) is 44.9 Å². The van der Waals surface area contributed by atoms with Gasteiger partial charge in [-0.05, 0) is 44.2 Å². The molecule has 2 nitrogen and oxygen atoms in total. The van der Waals surface area contributed by atoms with Crippen molar-refractivity contribution in [3.8, 4) is 0 Å². The third-order valence-corrected chi connectivity index (χ3v) is 3.55. The fraction of sp³-hybridized carbons (Fsp3) is 0.846. The van der Waals surface area contributed by atoms with E-state index < -0.39 is 0 Å². The van der Waals surface area contributed by atoms with Crippen LogP contribution in [0.25, 0.3) is 0 Å². The molecule has 0 spiro atoms. The molecule has 1 fully saturated rings. The smallest absolute Gasteiger partial charge is 0.110 e. The Morgan fingerprint density at radius 1 is 1.07 bits per heavy atom. The first kappa shape index (κ1) is 11.0. The van der Waals surface area contributed by atoms with Crippen molar-refractivity contribution in [2.45, 2.75) is 51.0 Å². The van der Waals surface area contributed by atoms with Crippen molar-refractivity contribution in [1.82, 2.24) is 5.32 Å². The summed E-state index contributed by atoms with van der Waals surface area (Å²) in [5, 5.41) is 3.57. The van der Waals surface area contributed by atoms with Crippen molar-refractivity contribution >= 4 is 0 Å². The highest BCUT2D eigenvalue weighted by Gasteiger charge is 2.14. The van der Waals surface area contributed by atoms with Crippen LogP contribution < -0.4 is 5.32 Å². The highest BCUT2D eigenvalue weighted by molar-refractivity contribution is 4.83. The van der Waals surface area contributed by atoms with Gasteiger partial charge in [-0.3, -0.25) is 0 Å². The summed E-state index contributed by atoms with van der Waals surface area (Å²) in [6, 6.07) is 0. The fourth-order valence-electron chi connectivity index (χ4n) is 2.57. The quantitative estimate of drug-likeness (QED) is 0.768. The van der Waals surface area contributed by atoms with Crippen LogP contribution in [-0.2, 0) is 4.74 Å². The molecule has 1 heterocycles. The van der Waals surface area contributed by atoms with Gasteiger partial charge in [0.15, 0.2) is 0 Å². The second kappa shape index (κ2) is 6.16. The monoisotopic (exact) mass is 209 g/mol. The van der Waals surface area contributed by atoms with E-state index in [1.165, 1.54) is 51.5 Å². The molecule has 86 valence electrons. The van der Waals surface area contributed by atoms with E-state index in [1.807, 2.05) is 6.26 Å². The molecule has 2 aliphatic rings. The summed E-state index contributed by atoms with van der Waals surface area (Å²) in [4.78, 5) is 0. The van der Waals surface area contributed by atoms with Crippen LogP contribution in [-0.4, -0.2) is 19.2 Å². The third kappa shape index (κ3) is 3.86. The van der Waals surface area contributed by atoms with E-state index in [0.29, 0.717) is 6.10 Å². The van der Waals surface area contributed by atoms with Crippen molar-refractivity contribution in [3.05, 3.63) is 12.3 Å². The van der Waals surface area contributed by atoms with E-state index in [2.05, 4.69) is 11.4 Å². The summed E-state index contributed by atoms with van der Waals surface area (Å²) in [6.07, 6.45) is 13.9. The molecule has 1 N–H and O–H groups in total. The van der Waals surface area contributed by atoms with Crippen LogP contribution in [0, 0.1) is 5.92 Å². The SMILES string of the molecule is C1=COC(CNCC2CCCCC2)CC1. The number of rotatable bonds is 4. The minimum atomic E-state index is 0.415. The lowest BCUT2D eigenvalue weighted by Crippen LogP contribution is -2.33. The highest BCUT2D eigenvalue weighted by Crippen LogP contribution is 2.22. The molecule has 0 radical (unpaired) electrons. The van der Waals surface area contributed by atoms with Crippen LogP contribution >= 0.6 is 0 Å². The van der Waals surface area contributed by atoms with E-state index in [9.17, 15) is 0 Å². The maximum Gasteiger partial charge on any atom is 0.110 e. The Hall–Kier alpha value is -0.500. The first-order chi connectivity index (χ1) is 7.45. The maximum absolute atomic E-state index is 5.52. The number of hydrogen-bond donors (Lipinski definition) is 1. The van der Waals surface area contributed by atoms with Crippen LogP contribution in [0.3, 0.4) is 0 Å². The van der Waals surface area contributed by atoms with Crippen molar-refractivity contribution in [2.24, 2.45) is 5.92 Å². The highest BCUT2D eigenvalue weighted by atomic mass is 16.5. The zero-order valence-electron chi connectivity index (χ0n) is 9.58. The first-order valence-corrected chi connectivity index (χ1v) is 6.46. The van der Waals surface area contributed by atoms with E-state index in [-0.39, 0.29) is 0 Å². The zero-order valence-corrected chi connectivity index (χ0v) is 9.58. The van der Waals surface area contributed by atoms with E-state index >= 15 is 0 Å². The Balaban J connectivity index is 1.55. The molecular formula is C13H23NO. The summed E-state index contributed by atoms with van der Waals surface area (Å²) < 4.78 is 5.52. The minimum Gasteiger partial charge on any atom is -0.497 e. The van der Waals surface area contributed by atoms with Gasteiger partial charge in [0.25, 0.3) is 0 Å². The van der Waals surface area contributed by atoms with Gasteiger partial charge in [-0.25, -0.2) is 0 Å². The number of ether oxygens (including phenoxy) is 1. The van der Waals surface area contributed by atoms with E-state index in [0.717, 1.165) is 12.5 Å². The third-order valence-electron chi connectivity index (χ3n) is 3.55. The molecule has 1 aliphatic heterocycles. The number of allylic oxidation sites excluding steroid dienone is 1. The normalized spacial score (nSPS) is 27.6. The maximum atomic E-state index is 5.52. The molecule has 0 aromatic carbocycles. The van der Waals surface area contributed by atoms with Gasteiger partial charge in [-0.2, -0.15) is 0 Å². The van der Waals surface area contributed by atoms with Crippen molar-refractivity contribution in [1.29, 1.82) is 0 Å². The van der Waals surface area contributed by atoms with Crippen LogP contribution in [0.15, 0.2) is 12.3 Å². The molecule has 0 aromatic rings. The summed E-state index contributed by atoms with van der Waals surface area (Å²) in [5.41, 5.74) is 0. The Kier molecular flexibility index (Phi) is 4.52. The average Bonchev–Trinajstić information content (AvgIpc) is 2.32. The van der Waals surface area contributed by atoms with Gasteiger partial charge in [0.1, 0.15) is 6.10 Å². The lowest BCUT2D eigenvalue weighted by Gasteiger charge is -2.24. The molecule has 15 heavy (non-hydrogen) atoms. The summed E-state index contributed by atoms with van der Waals surface area (Å²) in [7, 11) is 0. The topological polar surface area (TPSA) is 21.3 Å². The summed E-state index contributed by atoms with van der Waals surface area (Å²) in [5.74, 6) is 0.929. The molecule has 0 saturated heterocycles. The van der Waals surface area contributed by atoms with Crippen LogP contribution in [0.2, 0.25) is 0 Å². The lowest BCUT2D eigenvalue weighted by atomic mass is 9.89. The molecule has 2 rings (SSSR count). The van der Waals surface area contributed by atoms with Crippen LogP contribution in [0.4, 0.5) is 0 Å². The van der Waals surface area contributed by atoms with Crippen molar-refractivity contribution in [3.63, 3.8) is 0 Å². The van der Waals surface area contributed by atoms with Gasteiger partial charge in [-0.15, -0.1) is 0 Å². The van der Waals surface area contributed by atoms with E-state index in [1.54, 1.807) is 0 Å². The largest absolute Gasteiger partial charge is 0.497 e. The molecule has 0 bridgehead atoms. The van der Waals surface area contributed by atoms with Gasteiger partial charge in [0, 0.05) is 6.54 Å². The standard InChI is InChI=1S/C13H23NO/c1-2-6-12(7-3-1)10-14-11-13-8-4-5-9-15-13/h5,9,12-14H,1-4,6-8,10-11H2.